The van der Waals surface area contributed by atoms with Gasteiger partial charge in [0.25, 0.3) is 0 Å². The minimum Gasteiger partial charge on any atom is -0.466 e. The van der Waals surface area contributed by atoms with Gasteiger partial charge < -0.3 is 9.47 Å². The van der Waals surface area contributed by atoms with Crippen molar-refractivity contribution < 1.29 is 19.1 Å². The molecule has 0 aromatic rings. The number of ether oxygens (including phenoxy) is 2. The van der Waals surface area contributed by atoms with Crippen LogP contribution in [0.2, 0.25) is 0 Å². The summed E-state index contributed by atoms with van der Waals surface area (Å²) in [5, 5.41) is 0. The molecular weight excluding hydrogens is 196 g/mol. The van der Waals surface area contributed by atoms with E-state index in [-0.39, 0.29) is 23.8 Å². The van der Waals surface area contributed by atoms with E-state index in [1.807, 2.05) is 6.08 Å². The van der Waals surface area contributed by atoms with Gasteiger partial charge in [-0.15, -0.1) is 0 Å². The average Bonchev–Trinajstić information content (AvgIpc) is 2.54. The van der Waals surface area contributed by atoms with Gasteiger partial charge >= 0.3 is 11.9 Å². The van der Waals surface area contributed by atoms with Gasteiger partial charge in [-0.2, -0.15) is 0 Å². The molecule has 0 aliphatic heterocycles. The topological polar surface area (TPSA) is 52.6 Å². The van der Waals surface area contributed by atoms with Gasteiger partial charge in [-0.1, -0.05) is 12.2 Å². The van der Waals surface area contributed by atoms with Crippen LogP contribution in [0.15, 0.2) is 23.3 Å². The Kier molecular flexibility index (Phi) is 2.34. The minimum absolute atomic E-state index is 0.0477. The van der Waals surface area contributed by atoms with Crippen LogP contribution in [0.25, 0.3) is 0 Å². The van der Waals surface area contributed by atoms with Crippen LogP contribution in [-0.4, -0.2) is 26.2 Å². The molecule has 0 amide bonds. The van der Waals surface area contributed by atoms with Crippen LogP contribution in [0.3, 0.4) is 0 Å². The van der Waals surface area contributed by atoms with Crippen molar-refractivity contribution in [1.29, 1.82) is 0 Å². The highest BCUT2D eigenvalue weighted by Crippen LogP contribution is 2.46. The maximum Gasteiger partial charge on any atom is 0.334 e. The Balaban J connectivity index is 2.12. The van der Waals surface area contributed by atoms with Gasteiger partial charge in [0, 0.05) is 23.0 Å². The second-order valence-electron chi connectivity index (χ2n) is 3.63. The summed E-state index contributed by atoms with van der Waals surface area (Å²) in [5.74, 6) is -0.434. The summed E-state index contributed by atoms with van der Waals surface area (Å²) in [6, 6.07) is 0. The number of carbonyl (C=O) groups excluding carboxylic acids is 2. The quantitative estimate of drug-likeness (QED) is 0.631. The molecule has 0 N–H and O–H groups in total. The fourth-order valence-corrected chi connectivity index (χ4v) is 2.15. The highest BCUT2D eigenvalue weighted by molar-refractivity contribution is 5.96. The van der Waals surface area contributed by atoms with Crippen molar-refractivity contribution in [3.63, 3.8) is 0 Å². The molecule has 0 heterocycles. The van der Waals surface area contributed by atoms with Crippen LogP contribution in [0, 0.1) is 11.8 Å². The third kappa shape index (κ3) is 1.37. The van der Waals surface area contributed by atoms with E-state index in [0.717, 1.165) is 6.42 Å². The molecule has 0 unspecified atom stereocenters. The Hall–Kier alpha value is -1.58. The van der Waals surface area contributed by atoms with Gasteiger partial charge in [0.15, 0.2) is 0 Å². The number of hydrogen-bond acceptors (Lipinski definition) is 4. The molecule has 0 radical (unpaired) electrons. The summed E-state index contributed by atoms with van der Waals surface area (Å²) in [4.78, 5) is 22.6. The SMILES string of the molecule is COC(=O)C1=CC[C@H]2C(C(=O)OC)=C[C@@H]12. The molecule has 0 saturated heterocycles. The van der Waals surface area contributed by atoms with E-state index in [2.05, 4.69) is 9.47 Å². The lowest BCUT2D eigenvalue weighted by Crippen LogP contribution is -2.30. The summed E-state index contributed by atoms with van der Waals surface area (Å²) in [6.07, 6.45) is 4.34. The predicted molar refractivity (Wildman–Crippen MR) is 51.8 cm³/mol. The van der Waals surface area contributed by atoms with Crippen LogP contribution >= 0.6 is 0 Å². The van der Waals surface area contributed by atoms with E-state index >= 15 is 0 Å². The molecule has 4 heteroatoms. The van der Waals surface area contributed by atoms with Gasteiger partial charge in [-0.25, -0.2) is 9.59 Å². The highest BCUT2D eigenvalue weighted by atomic mass is 16.5. The molecule has 0 aromatic heterocycles. The molecule has 0 aromatic carbocycles. The molecule has 2 aliphatic rings. The molecule has 2 atom stereocenters. The molecule has 0 bridgehead atoms. The van der Waals surface area contributed by atoms with Gasteiger partial charge in [0.05, 0.1) is 14.2 Å². The first-order valence-corrected chi connectivity index (χ1v) is 4.77. The number of carbonyl (C=O) groups is 2. The summed E-state index contributed by atoms with van der Waals surface area (Å²) in [6.45, 7) is 0. The largest absolute Gasteiger partial charge is 0.466 e. The lowest BCUT2D eigenvalue weighted by atomic mass is 9.74. The molecule has 15 heavy (non-hydrogen) atoms. The van der Waals surface area contributed by atoms with Crippen LogP contribution in [-0.2, 0) is 19.1 Å². The Labute approximate surface area is 87.5 Å². The zero-order valence-corrected chi connectivity index (χ0v) is 8.65. The molecule has 2 aliphatic carbocycles. The van der Waals surface area contributed by atoms with E-state index < -0.39 is 0 Å². The number of methoxy groups -OCH3 is 2. The number of rotatable bonds is 2. The van der Waals surface area contributed by atoms with Crippen molar-refractivity contribution in [3.8, 4) is 0 Å². The first-order valence-electron chi connectivity index (χ1n) is 4.77. The third-order valence-electron chi connectivity index (χ3n) is 2.99. The van der Waals surface area contributed by atoms with E-state index in [0.29, 0.717) is 11.1 Å². The summed E-state index contributed by atoms with van der Waals surface area (Å²) in [7, 11) is 2.72. The van der Waals surface area contributed by atoms with Crippen molar-refractivity contribution in [2.75, 3.05) is 14.2 Å². The molecule has 80 valence electrons. The van der Waals surface area contributed by atoms with Crippen molar-refractivity contribution in [2.45, 2.75) is 6.42 Å². The lowest BCUT2D eigenvalue weighted by molar-refractivity contribution is -0.139. The number of esters is 2. The Bertz CT molecular complexity index is 378. The zero-order valence-electron chi connectivity index (χ0n) is 8.65. The molecule has 4 nitrogen and oxygen atoms in total. The van der Waals surface area contributed by atoms with Crippen LogP contribution in [0.1, 0.15) is 6.42 Å². The van der Waals surface area contributed by atoms with Crippen molar-refractivity contribution in [1.82, 2.24) is 0 Å². The Morgan fingerprint density at radius 1 is 1.20 bits per heavy atom. The molecule has 0 saturated carbocycles. The third-order valence-corrected chi connectivity index (χ3v) is 2.99. The first kappa shape index (κ1) is 9.96. The molecule has 2 rings (SSSR count). The average molecular weight is 208 g/mol. The lowest BCUT2D eigenvalue weighted by Gasteiger charge is -2.29. The number of fused-ring (bicyclic) bond motifs is 1. The second-order valence-corrected chi connectivity index (χ2v) is 3.63. The minimum atomic E-state index is -0.303. The maximum atomic E-state index is 11.3. The summed E-state index contributed by atoms with van der Waals surface area (Å²) >= 11 is 0. The van der Waals surface area contributed by atoms with Crippen molar-refractivity contribution in [2.24, 2.45) is 11.8 Å². The summed E-state index contributed by atoms with van der Waals surface area (Å²) in [5.41, 5.74) is 1.34. The van der Waals surface area contributed by atoms with Crippen LogP contribution in [0.5, 0.6) is 0 Å². The fourth-order valence-electron chi connectivity index (χ4n) is 2.15. The van der Waals surface area contributed by atoms with Crippen LogP contribution < -0.4 is 0 Å². The molecular formula is C11H12O4. The van der Waals surface area contributed by atoms with Crippen LogP contribution in [0.4, 0.5) is 0 Å². The van der Waals surface area contributed by atoms with Gasteiger partial charge in [-0.3, -0.25) is 0 Å². The predicted octanol–water partition coefficient (Wildman–Crippen LogP) is 0.835. The first-order chi connectivity index (χ1) is 7.19. The maximum absolute atomic E-state index is 11.3. The standard InChI is InChI=1S/C11H12O4/c1-14-10(12)7-4-3-6-8(7)5-9(6)11(13)15-2/h4-6,8H,3H2,1-2H3/t6-,8-/m1/s1. The monoisotopic (exact) mass is 208 g/mol. The fraction of sp³-hybridized carbons (Fsp3) is 0.455. The van der Waals surface area contributed by atoms with Gasteiger partial charge in [0.2, 0.25) is 0 Å². The molecule has 0 fully saturated rings. The van der Waals surface area contributed by atoms with Gasteiger partial charge in [-0.05, 0) is 6.42 Å². The summed E-state index contributed by atoms with van der Waals surface area (Å²) < 4.78 is 9.29. The van der Waals surface area contributed by atoms with E-state index in [9.17, 15) is 9.59 Å². The van der Waals surface area contributed by atoms with E-state index in [1.165, 1.54) is 14.2 Å². The smallest absolute Gasteiger partial charge is 0.334 e. The van der Waals surface area contributed by atoms with Gasteiger partial charge in [0.1, 0.15) is 0 Å². The van der Waals surface area contributed by atoms with Crippen molar-refractivity contribution >= 4 is 11.9 Å². The number of hydrogen-bond donors (Lipinski definition) is 0. The zero-order chi connectivity index (χ0) is 11.0. The van der Waals surface area contributed by atoms with E-state index in [4.69, 9.17) is 0 Å². The van der Waals surface area contributed by atoms with E-state index in [1.54, 1.807) is 6.08 Å². The number of allylic oxidation sites excluding steroid dienone is 2. The molecule has 0 spiro atoms. The highest BCUT2D eigenvalue weighted by Gasteiger charge is 2.44. The normalized spacial score (nSPS) is 27.1. The van der Waals surface area contributed by atoms with Crippen molar-refractivity contribution in [3.05, 3.63) is 23.3 Å². The second kappa shape index (κ2) is 3.53. The Morgan fingerprint density at radius 3 is 2.40 bits per heavy atom. The Morgan fingerprint density at radius 2 is 1.80 bits per heavy atom.